The van der Waals surface area contributed by atoms with E-state index in [0.717, 1.165) is 141 Å². The number of hydrogen-bond donors (Lipinski definition) is 0. The second kappa shape index (κ2) is 67.1. The highest BCUT2D eigenvalue weighted by Gasteiger charge is 2.19. The Kier molecular flexibility index (Phi) is 63.3. The molecule has 1 atom stereocenters. The van der Waals surface area contributed by atoms with Crippen molar-refractivity contribution in [2.24, 2.45) is 0 Å². The molecule has 0 aliphatic heterocycles. The number of rotatable bonds is 59. The van der Waals surface area contributed by atoms with E-state index in [1.54, 1.807) is 0 Å². The second-order valence-electron chi connectivity index (χ2n) is 21.6. The lowest BCUT2D eigenvalue weighted by Crippen LogP contribution is -2.30. The predicted molar refractivity (Wildman–Crippen MR) is 348 cm³/mol. The van der Waals surface area contributed by atoms with Crippen LogP contribution in [0.2, 0.25) is 0 Å². The highest BCUT2D eigenvalue weighted by Crippen LogP contribution is 2.16. The smallest absolute Gasteiger partial charge is 0.306 e. The van der Waals surface area contributed by atoms with E-state index in [0.29, 0.717) is 19.3 Å². The Morgan fingerprint density at radius 3 is 0.762 bits per heavy atom. The zero-order valence-corrected chi connectivity index (χ0v) is 52.0. The van der Waals surface area contributed by atoms with E-state index in [1.807, 2.05) is 0 Å². The molecule has 0 rings (SSSR count). The van der Waals surface area contributed by atoms with Crippen molar-refractivity contribution in [2.45, 2.75) is 303 Å². The minimum absolute atomic E-state index is 0.0853. The molecule has 0 amide bonds. The number of esters is 3. The first-order chi connectivity index (χ1) is 39.5. The van der Waals surface area contributed by atoms with Crippen molar-refractivity contribution in [3.63, 3.8) is 0 Å². The molecule has 0 fully saturated rings. The first-order valence-electron chi connectivity index (χ1n) is 33.2. The quantitative estimate of drug-likeness (QED) is 0.0261. The monoisotopic (exact) mass is 1110 g/mol. The minimum atomic E-state index is -0.787. The standard InChI is InChI=1S/C74H122O6/c1-4-7-10-13-16-18-20-22-24-26-28-30-32-34-35-36-37-38-39-41-42-44-46-48-50-52-54-56-58-61-64-67-73(76)79-70-71(69-78-72(75)66-63-60-15-12-9-6-3)80-74(77)68-65-62-59-57-55-53-51-49-47-45-43-40-33-31-29-27-25-23-21-19-17-14-11-8-5-2/h7-8,10-11,16-19,22-25,28-31,34-35,40,43,47,49,71H,4-6,9,12-15,20-21,26-27,32-33,36-39,41-42,44-46,48,50-70H2,1-3H3/b10-7-,11-8-,18-16-,19-17-,24-22-,25-23-,30-28-,31-29-,35-34-,43-40-,49-47-. The lowest BCUT2D eigenvalue weighted by Gasteiger charge is -2.18. The van der Waals surface area contributed by atoms with Gasteiger partial charge in [0.15, 0.2) is 6.10 Å². The van der Waals surface area contributed by atoms with E-state index in [2.05, 4.69) is 154 Å². The Hall–Kier alpha value is -4.45. The largest absolute Gasteiger partial charge is 0.462 e. The van der Waals surface area contributed by atoms with Gasteiger partial charge in [-0.05, 0) is 116 Å². The Balaban J connectivity index is 4.10. The van der Waals surface area contributed by atoms with Crippen LogP contribution in [-0.4, -0.2) is 37.2 Å². The van der Waals surface area contributed by atoms with Crippen LogP contribution < -0.4 is 0 Å². The van der Waals surface area contributed by atoms with Gasteiger partial charge >= 0.3 is 17.9 Å². The maximum atomic E-state index is 12.9. The normalized spacial score (nSPS) is 13.0. The molecule has 1 unspecified atom stereocenters. The molecule has 6 heteroatoms. The molecular weight excluding hydrogens is 985 g/mol. The third kappa shape index (κ3) is 64.4. The fraction of sp³-hybridized carbons (Fsp3) is 0.662. The van der Waals surface area contributed by atoms with Gasteiger partial charge in [0.25, 0.3) is 0 Å². The predicted octanol–water partition coefficient (Wildman–Crippen LogP) is 22.9. The molecule has 0 aromatic carbocycles. The first-order valence-corrected chi connectivity index (χ1v) is 33.2. The summed E-state index contributed by atoms with van der Waals surface area (Å²) in [7, 11) is 0. The topological polar surface area (TPSA) is 78.9 Å². The molecule has 0 aliphatic rings. The number of carbonyl (C=O) groups excluding carboxylic acids is 3. The molecule has 0 aromatic heterocycles. The summed E-state index contributed by atoms with van der Waals surface area (Å²) in [5.41, 5.74) is 0. The fourth-order valence-corrected chi connectivity index (χ4v) is 9.00. The van der Waals surface area contributed by atoms with Crippen molar-refractivity contribution in [1.29, 1.82) is 0 Å². The van der Waals surface area contributed by atoms with Crippen LogP contribution in [0.25, 0.3) is 0 Å². The average Bonchev–Trinajstić information content (AvgIpc) is 3.46. The van der Waals surface area contributed by atoms with E-state index in [1.165, 1.54) is 116 Å². The summed E-state index contributed by atoms with van der Waals surface area (Å²) in [5, 5.41) is 0. The number of unbranched alkanes of at least 4 members (excludes halogenated alkanes) is 26. The van der Waals surface area contributed by atoms with Gasteiger partial charge in [0.2, 0.25) is 0 Å². The van der Waals surface area contributed by atoms with Gasteiger partial charge in [-0.3, -0.25) is 14.4 Å². The van der Waals surface area contributed by atoms with Gasteiger partial charge in [-0.1, -0.05) is 296 Å². The molecular formula is C74H122O6. The van der Waals surface area contributed by atoms with Crippen molar-refractivity contribution in [1.82, 2.24) is 0 Å². The van der Waals surface area contributed by atoms with Crippen LogP contribution in [-0.2, 0) is 28.6 Å². The maximum Gasteiger partial charge on any atom is 0.306 e. The van der Waals surface area contributed by atoms with Crippen molar-refractivity contribution >= 4 is 17.9 Å². The van der Waals surface area contributed by atoms with Gasteiger partial charge in [0.1, 0.15) is 13.2 Å². The van der Waals surface area contributed by atoms with E-state index in [-0.39, 0.29) is 31.1 Å². The number of allylic oxidation sites excluding steroid dienone is 22. The maximum absolute atomic E-state index is 12.9. The van der Waals surface area contributed by atoms with Gasteiger partial charge in [0, 0.05) is 19.3 Å². The summed E-state index contributed by atoms with van der Waals surface area (Å²) < 4.78 is 16.8. The van der Waals surface area contributed by atoms with Crippen LogP contribution in [0.1, 0.15) is 297 Å². The molecule has 80 heavy (non-hydrogen) atoms. The van der Waals surface area contributed by atoms with E-state index >= 15 is 0 Å². The highest BCUT2D eigenvalue weighted by molar-refractivity contribution is 5.71. The molecule has 6 nitrogen and oxygen atoms in total. The van der Waals surface area contributed by atoms with Crippen LogP contribution in [0, 0.1) is 0 Å². The molecule has 0 spiro atoms. The van der Waals surface area contributed by atoms with Crippen molar-refractivity contribution in [3.8, 4) is 0 Å². The van der Waals surface area contributed by atoms with Crippen LogP contribution in [0.15, 0.2) is 134 Å². The number of carbonyl (C=O) groups is 3. The number of hydrogen-bond acceptors (Lipinski definition) is 6. The summed E-state index contributed by atoms with van der Waals surface area (Å²) in [6, 6.07) is 0. The number of ether oxygens (including phenoxy) is 3. The third-order valence-corrected chi connectivity index (χ3v) is 13.9. The minimum Gasteiger partial charge on any atom is -0.462 e. The molecule has 0 bridgehead atoms. The molecule has 0 saturated heterocycles. The summed E-state index contributed by atoms with van der Waals surface area (Å²) >= 11 is 0. The Morgan fingerprint density at radius 2 is 0.487 bits per heavy atom. The zero-order valence-electron chi connectivity index (χ0n) is 52.0. The molecule has 0 saturated carbocycles. The van der Waals surface area contributed by atoms with E-state index in [4.69, 9.17) is 14.2 Å². The Morgan fingerprint density at radius 1 is 0.263 bits per heavy atom. The summed E-state index contributed by atoms with van der Waals surface area (Å²) in [5.74, 6) is -0.906. The molecule has 0 aliphatic carbocycles. The Bertz CT molecular complexity index is 1700. The van der Waals surface area contributed by atoms with Crippen LogP contribution >= 0.6 is 0 Å². The summed E-state index contributed by atoms with van der Waals surface area (Å²) in [4.78, 5) is 38.1. The van der Waals surface area contributed by atoms with Crippen molar-refractivity contribution in [2.75, 3.05) is 13.2 Å². The van der Waals surface area contributed by atoms with Crippen molar-refractivity contribution in [3.05, 3.63) is 134 Å². The molecule has 0 radical (unpaired) electrons. The van der Waals surface area contributed by atoms with E-state index < -0.39 is 6.10 Å². The van der Waals surface area contributed by atoms with Gasteiger partial charge in [-0.2, -0.15) is 0 Å². The fourth-order valence-electron chi connectivity index (χ4n) is 9.00. The van der Waals surface area contributed by atoms with Crippen LogP contribution in [0.4, 0.5) is 0 Å². The Labute approximate surface area is 494 Å². The highest BCUT2D eigenvalue weighted by atomic mass is 16.6. The van der Waals surface area contributed by atoms with Gasteiger partial charge in [-0.25, -0.2) is 0 Å². The van der Waals surface area contributed by atoms with Gasteiger partial charge in [0.05, 0.1) is 0 Å². The molecule has 454 valence electrons. The summed E-state index contributed by atoms with van der Waals surface area (Å²) in [6.45, 7) is 6.35. The average molecular weight is 1110 g/mol. The van der Waals surface area contributed by atoms with Crippen LogP contribution in [0.3, 0.4) is 0 Å². The molecule has 0 N–H and O–H groups in total. The third-order valence-electron chi connectivity index (χ3n) is 13.9. The van der Waals surface area contributed by atoms with Gasteiger partial charge in [-0.15, -0.1) is 0 Å². The molecule has 0 heterocycles. The SMILES string of the molecule is CC/C=C\C/C=C\C/C=C\C/C=C\C/C=C\C/C=C\CCCCCCCCC(=O)OC(COC(=O)CCCCCCCC)COC(=O)CCCCCCCCCCCCCCCCC/C=C\C/C=C\C/C=C\C/C=C\C/C=C\CC. The summed E-state index contributed by atoms with van der Waals surface area (Å²) in [6.07, 6.45) is 95.0. The van der Waals surface area contributed by atoms with E-state index in [9.17, 15) is 14.4 Å². The lowest BCUT2D eigenvalue weighted by atomic mass is 10.0. The lowest BCUT2D eigenvalue weighted by molar-refractivity contribution is -0.167. The van der Waals surface area contributed by atoms with Crippen LogP contribution in [0.5, 0.6) is 0 Å². The second-order valence-corrected chi connectivity index (χ2v) is 21.6. The first kappa shape index (κ1) is 75.5. The molecule has 0 aromatic rings. The van der Waals surface area contributed by atoms with Crippen molar-refractivity contribution < 1.29 is 28.6 Å². The zero-order chi connectivity index (χ0) is 57.8. The van der Waals surface area contributed by atoms with Gasteiger partial charge < -0.3 is 14.2 Å².